The van der Waals surface area contributed by atoms with Crippen molar-refractivity contribution >= 4 is 15.9 Å². The van der Waals surface area contributed by atoms with Gasteiger partial charge in [-0.2, -0.15) is 9.57 Å². The number of aromatic nitrogens is 1. The third-order valence-corrected chi connectivity index (χ3v) is 7.71. The van der Waals surface area contributed by atoms with Crippen molar-refractivity contribution in [3.8, 4) is 6.07 Å². The van der Waals surface area contributed by atoms with Crippen molar-refractivity contribution in [2.45, 2.75) is 43.2 Å². The fourth-order valence-corrected chi connectivity index (χ4v) is 5.36. The average molecular weight is 425 g/mol. The molecule has 0 unspecified atom stereocenters. The van der Waals surface area contributed by atoms with Crippen LogP contribution < -0.4 is 0 Å². The van der Waals surface area contributed by atoms with Crippen molar-refractivity contribution in [2.75, 3.05) is 13.1 Å². The quantitative estimate of drug-likeness (QED) is 0.710. The lowest BCUT2D eigenvalue weighted by molar-refractivity contribution is -0.138. The molecule has 4 rings (SSSR count). The van der Waals surface area contributed by atoms with Crippen LogP contribution in [0.1, 0.15) is 36.8 Å². The maximum absolute atomic E-state index is 13.2. The molecule has 7 nitrogen and oxygen atoms in total. The molecule has 1 aromatic heterocycles. The zero-order chi connectivity index (χ0) is 21.1. The predicted molar refractivity (Wildman–Crippen MR) is 110 cm³/mol. The monoisotopic (exact) mass is 424 g/mol. The third kappa shape index (κ3) is 4.37. The van der Waals surface area contributed by atoms with Crippen molar-refractivity contribution in [3.63, 3.8) is 0 Å². The Hall–Kier alpha value is -2.76. The summed E-state index contributed by atoms with van der Waals surface area (Å²) in [4.78, 5) is 19.4. The van der Waals surface area contributed by atoms with Gasteiger partial charge in [-0.15, -0.1) is 0 Å². The lowest BCUT2D eigenvalue weighted by Crippen LogP contribution is -2.44. The number of benzene rings is 1. The molecule has 0 atom stereocenters. The first-order valence-corrected chi connectivity index (χ1v) is 11.6. The zero-order valence-electron chi connectivity index (χ0n) is 16.6. The first-order valence-electron chi connectivity index (χ1n) is 10.2. The molecule has 2 aromatic rings. The standard InChI is InChI=1S/C22H24N4O3S/c23-15-17-1-5-21(6-2-17)30(28,29)25-13-9-19(10-14-25)22(27)26(20-3-4-20)16-18-7-11-24-12-8-18/h1-2,5-8,11-12,19-20H,3-4,9-10,13-14,16H2. The molecule has 30 heavy (non-hydrogen) atoms. The number of amides is 1. The van der Waals surface area contributed by atoms with E-state index >= 15 is 0 Å². The van der Waals surface area contributed by atoms with E-state index < -0.39 is 10.0 Å². The molecule has 8 heteroatoms. The molecule has 1 saturated carbocycles. The number of piperidine rings is 1. The van der Waals surface area contributed by atoms with Crippen LogP contribution in [-0.4, -0.2) is 47.6 Å². The summed E-state index contributed by atoms with van der Waals surface area (Å²) in [5.74, 6) is -0.0235. The molecule has 0 N–H and O–H groups in total. The number of hydrogen-bond acceptors (Lipinski definition) is 5. The largest absolute Gasteiger partial charge is 0.335 e. The van der Waals surface area contributed by atoms with Crippen molar-refractivity contribution in [2.24, 2.45) is 5.92 Å². The van der Waals surface area contributed by atoms with E-state index in [0.717, 1.165) is 18.4 Å². The summed E-state index contributed by atoms with van der Waals surface area (Å²) < 4.78 is 27.2. The number of nitrogens with zero attached hydrogens (tertiary/aromatic N) is 4. The highest BCUT2D eigenvalue weighted by molar-refractivity contribution is 7.89. The van der Waals surface area contributed by atoms with E-state index in [1.165, 1.54) is 28.6 Å². The lowest BCUT2D eigenvalue weighted by Gasteiger charge is -2.34. The molecule has 0 spiro atoms. The number of nitriles is 1. The van der Waals surface area contributed by atoms with Crippen molar-refractivity contribution in [1.29, 1.82) is 5.26 Å². The van der Waals surface area contributed by atoms with E-state index in [1.807, 2.05) is 23.1 Å². The van der Waals surface area contributed by atoms with Gasteiger partial charge in [0.2, 0.25) is 15.9 Å². The van der Waals surface area contributed by atoms with E-state index in [0.29, 0.717) is 44.1 Å². The SMILES string of the molecule is N#Cc1ccc(S(=O)(=O)N2CCC(C(=O)N(Cc3ccncc3)C3CC3)CC2)cc1. The Labute approximate surface area is 177 Å². The fraction of sp³-hybridized carbons (Fsp3) is 0.409. The van der Waals surface area contributed by atoms with Gasteiger partial charge in [0.1, 0.15) is 0 Å². The summed E-state index contributed by atoms with van der Waals surface area (Å²) in [5.41, 5.74) is 1.48. The van der Waals surface area contributed by atoms with Crippen LogP contribution in [0.2, 0.25) is 0 Å². The molecule has 1 saturated heterocycles. The second-order valence-electron chi connectivity index (χ2n) is 7.87. The van der Waals surface area contributed by atoms with E-state index in [-0.39, 0.29) is 16.7 Å². The topological polar surface area (TPSA) is 94.4 Å². The number of hydrogen-bond donors (Lipinski definition) is 0. The molecule has 156 valence electrons. The summed E-state index contributed by atoms with van der Waals surface area (Å²) in [6.07, 6.45) is 6.57. The lowest BCUT2D eigenvalue weighted by atomic mass is 9.96. The summed E-state index contributed by atoms with van der Waals surface area (Å²) >= 11 is 0. The van der Waals surface area contributed by atoms with Gasteiger partial charge in [0, 0.05) is 44.0 Å². The van der Waals surface area contributed by atoms with Crippen molar-refractivity contribution < 1.29 is 13.2 Å². The first-order chi connectivity index (χ1) is 14.5. The van der Waals surface area contributed by atoms with E-state index in [1.54, 1.807) is 12.4 Å². The molecule has 0 radical (unpaired) electrons. The average Bonchev–Trinajstić information content (AvgIpc) is 3.63. The summed E-state index contributed by atoms with van der Waals surface area (Å²) in [7, 11) is -3.62. The molecule has 1 amide bonds. The minimum absolute atomic E-state index is 0.129. The van der Waals surface area contributed by atoms with E-state index in [4.69, 9.17) is 5.26 Å². The van der Waals surface area contributed by atoms with Gasteiger partial charge in [-0.3, -0.25) is 9.78 Å². The van der Waals surface area contributed by atoms with Gasteiger partial charge in [0.25, 0.3) is 0 Å². The van der Waals surface area contributed by atoms with Crippen LogP contribution in [0, 0.1) is 17.2 Å². The molecule has 0 bridgehead atoms. The molecule has 1 aromatic carbocycles. The second-order valence-corrected chi connectivity index (χ2v) is 9.81. The smallest absolute Gasteiger partial charge is 0.243 e. The zero-order valence-corrected chi connectivity index (χ0v) is 17.5. The van der Waals surface area contributed by atoms with Crippen LogP contribution in [0.4, 0.5) is 0 Å². The first kappa shape index (κ1) is 20.5. The van der Waals surface area contributed by atoms with E-state index in [9.17, 15) is 13.2 Å². The van der Waals surface area contributed by atoms with Crippen LogP contribution in [0.5, 0.6) is 0 Å². The maximum atomic E-state index is 13.2. The molecule has 2 fully saturated rings. The Kier molecular flexibility index (Phi) is 5.84. The van der Waals surface area contributed by atoms with Gasteiger partial charge in [0.15, 0.2) is 0 Å². The highest BCUT2D eigenvalue weighted by Crippen LogP contribution is 2.32. The minimum Gasteiger partial charge on any atom is -0.335 e. The Balaban J connectivity index is 1.40. The van der Waals surface area contributed by atoms with Gasteiger partial charge >= 0.3 is 0 Å². The summed E-state index contributed by atoms with van der Waals surface area (Å²) in [5, 5.41) is 8.89. The highest BCUT2D eigenvalue weighted by Gasteiger charge is 2.38. The molecule has 2 heterocycles. The molecule has 2 aliphatic rings. The summed E-state index contributed by atoms with van der Waals surface area (Å²) in [6.45, 7) is 1.23. The maximum Gasteiger partial charge on any atom is 0.243 e. The van der Waals surface area contributed by atoms with E-state index in [2.05, 4.69) is 4.98 Å². The van der Waals surface area contributed by atoms with Crippen LogP contribution in [-0.2, 0) is 21.4 Å². The van der Waals surface area contributed by atoms with Crippen molar-refractivity contribution in [1.82, 2.24) is 14.2 Å². The van der Waals surface area contributed by atoms with Gasteiger partial charge in [0.05, 0.1) is 16.5 Å². The van der Waals surface area contributed by atoms with Crippen LogP contribution >= 0.6 is 0 Å². The Morgan fingerprint density at radius 2 is 1.70 bits per heavy atom. The number of carbonyl (C=O) groups is 1. The number of carbonyl (C=O) groups excluding carboxylic acids is 1. The Bertz CT molecular complexity index is 1040. The third-order valence-electron chi connectivity index (χ3n) is 5.80. The fourth-order valence-electron chi connectivity index (χ4n) is 3.89. The van der Waals surface area contributed by atoms with Gasteiger partial charge in [-0.05, 0) is 67.6 Å². The van der Waals surface area contributed by atoms with Crippen LogP contribution in [0.3, 0.4) is 0 Å². The van der Waals surface area contributed by atoms with Gasteiger partial charge in [-0.1, -0.05) is 0 Å². The molecular formula is C22H24N4O3S. The second kappa shape index (κ2) is 8.54. The molecule has 1 aliphatic heterocycles. The predicted octanol–water partition coefficient (Wildman–Crippen LogP) is 2.55. The Morgan fingerprint density at radius 3 is 2.27 bits per heavy atom. The number of sulfonamides is 1. The minimum atomic E-state index is -3.62. The van der Waals surface area contributed by atoms with Crippen molar-refractivity contribution in [3.05, 3.63) is 59.9 Å². The van der Waals surface area contributed by atoms with Crippen LogP contribution in [0.15, 0.2) is 53.7 Å². The summed E-state index contributed by atoms with van der Waals surface area (Å²) in [6, 6.07) is 12.1. The number of rotatable bonds is 6. The normalized spacial score (nSPS) is 18.0. The highest BCUT2D eigenvalue weighted by atomic mass is 32.2. The van der Waals surface area contributed by atoms with Gasteiger partial charge in [-0.25, -0.2) is 8.42 Å². The Morgan fingerprint density at radius 1 is 1.07 bits per heavy atom. The van der Waals surface area contributed by atoms with Gasteiger partial charge < -0.3 is 4.90 Å². The number of pyridine rings is 1. The van der Waals surface area contributed by atoms with Crippen LogP contribution in [0.25, 0.3) is 0 Å². The molecular weight excluding hydrogens is 400 g/mol. The molecule has 1 aliphatic carbocycles.